The molecule has 2 bridgehead atoms. The van der Waals surface area contributed by atoms with Crippen LogP contribution in [0.5, 0.6) is 0 Å². The van der Waals surface area contributed by atoms with Crippen molar-refractivity contribution in [1.82, 2.24) is 25.7 Å². The maximum Gasteiger partial charge on any atom is 0.418 e. The average molecular weight is 449 g/mol. The lowest BCUT2D eigenvalue weighted by Gasteiger charge is -2.31. The molecule has 170 valence electrons. The van der Waals surface area contributed by atoms with E-state index in [0.29, 0.717) is 30.6 Å². The SMILES string of the molecule is O=C(NOC[C@H]1C[C@H](N2CCOCC2)CN1)[C@@H]1CC[C@H]2CN1C(=O)N2OS(=O)(=O)O. The van der Waals surface area contributed by atoms with Crippen LogP contribution in [0.4, 0.5) is 4.79 Å². The fraction of sp³-hybridized carbons (Fsp3) is 0.875. The van der Waals surface area contributed by atoms with E-state index >= 15 is 0 Å². The largest absolute Gasteiger partial charge is 0.418 e. The lowest BCUT2D eigenvalue weighted by atomic mass is 10.0. The van der Waals surface area contributed by atoms with Gasteiger partial charge < -0.3 is 15.0 Å². The minimum absolute atomic E-state index is 0.112. The van der Waals surface area contributed by atoms with Crippen molar-refractivity contribution in [2.75, 3.05) is 46.0 Å². The lowest BCUT2D eigenvalue weighted by Crippen LogP contribution is -2.50. The fourth-order valence-electron chi connectivity index (χ4n) is 4.53. The number of ether oxygens (including phenoxy) is 1. The molecular formula is C16H27N5O8S. The monoisotopic (exact) mass is 449 g/mol. The molecule has 4 heterocycles. The molecule has 0 saturated carbocycles. The van der Waals surface area contributed by atoms with Crippen LogP contribution >= 0.6 is 0 Å². The highest BCUT2D eigenvalue weighted by Crippen LogP contribution is 2.30. The Morgan fingerprint density at radius 1 is 1.27 bits per heavy atom. The first kappa shape index (κ1) is 21.7. The number of urea groups is 1. The van der Waals surface area contributed by atoms with Gasteiger partial charge in [-0.1, -0.05) is 0 Å². The third kappa shape index (κ3) is 4.85. The Balaban J connectivity index is 1.22. The average Bonchev–Trinajstić information content (AvgIpc) is 3.27. The van der Waals surface area contributed by atoms with Gasteiger partial charge in [0.15, 0.2) is 0 Å². The molecule has 4 atom stereocenters. The number of nitrogens with zero attached hydrogens (tertiary/aromatic N) is 3. The van der Waals surface area contributed by atoms with E-state index in [2.05, 4.69) is 20.0 Å². The quantitative estimate of drug-likeness (QED) is 0.297. The lowest BCUT2D eigenvalue weighted by molar-refractivity contribution is -0.139. The maximum atomic E-state index is 12.5. The van der Waals surface area contributed by atoms with Gasteiger partial charge in [0.05, 0.1) is 25.9 Å². The van der Waals surface area contributed by atoms with Gasteiger partial charge >= 0.3 is 16.4 Å². The highest BCUT2D eigenvalue weighted by molar-refractivity contribution is 7.80. The van der Waals surface area contributed by atoms with Gasteiger partial charge in [-0.25, -0.2) is 10.3 Å². The summed E-state index contributed by atoms with van der Waals surface area (Å²) in [7, 11) is -4.82. The number of hydrogen-bond acceptors (Lipinski definition) is 9. The van der Waals surface area contributed by atoms with Gasteiger partial charge in [-0.05, 0) is 19.3 Å². The molecule has 4 saturated heterocycles. The summed E-state index contributed by atoms with van der Waals surface area (Å²) >= 11 is 0. The van der Waals surface area contributed by atoms with Crippen LogP contribution in [0.3, 0.4) is 0 Å². The minimum atomic E-state index is -4.82. The summed E-state index contributed by atoms with van der Waals surface area (Å²) in [5, 5.41) is 4.00. The molecule has 0 radical (unpaired) electrons. The van der Waals surface area contributed by atoms with Crippen molar-refractivity contribution in [3.05, 3.63) is 0 Å². The molecule has 0 aromatic heterocycles. The van der Waals surface area contributed by atoms with E-state index < -0.39 is 34.4 Å². The highest BCUT2D eigenvalue weighted by Gasteiger charge is 2.49. The summed E-state index contributed by atoms with van der Waals surface area (Å²) < 4.78 is 40.4. The Bertz CT molecular complexity index is 761. The second-order valence-electron chi connectivity index (χ2n) is 7.93. The van der Waals surface area contributed by atoms with E-state index in [4.69, 9.17) is 14.1 Å². The first-order valence-electron chi connectivity index (χ1n) is 10.1. The molecule has 4 fully saturated rings. The molecule has 0 aromatic rings. The zero-order valence-electron chi connectivity index (χ0n) is 16.4. The van der Waals surface area contributed by atoms with Crippen LogP contribution < -0.4 is 10.8 Å². The Morgan fingerprint density at radius 3 is 2.77 bits per heavy atom. The van der Waals surface area contributed by atoms with Crippen LogP contribution in [0.1, 0.15) is 19.3 Å². The first-order chi connectivity index (χ1) is 14.3. The number of carbonyl (C=O) groups is 2. The predicted molar refractivity (Wildman–Crippen MR) is 100 cm³/mol. The van der Waals surface area contributed by atoms with Crippen molar-refractivity contribution in [1.29, 1.82) is 0 Å². The van der Waals surface area contributed by atoms with Gasteiger partial charge in [0.25, 0.3) is 5.91 Å². The van der Waals surface area contributed by atoms with Crippen molar-refractivity contribution in [3.63, 3.8) is 0 Å². The predicted octanol–water partition coefficient (Wildman–Crippen LogP) is -1.90. The summed E-state index contributed by atoms with van der Waals surface area (Å²) in [5.41, 5.74) is 2.41. The zero-order chi connectivity index (χ0) is 21.3. The number of morpholine rings is 1. The minimum Gasteiger partial charge on any atom is -0.379 e. The Morgan fingerprint density at radius 2 is 2.03 bits per heavy atom. The topological polar surface area (TPSA) is 150 Å². The van der Waals surface area contributed by atoms with Gasteiger partial charge in [0.2, 0.25) is 0 Å². The second-order valence-corrected chi connectivity index (χ2v) is 8.93. The molecule has 4 rings (SSSR count). The van der Waals surface area contributed by atoms with E-state index in [1.807, 2.05) is 0 Å². The number of hydrogen-bond donors (Lipinski definition) is 3. The number of fused-ring (bicyclic) bond motifs is 2. The summed E-state index contributed by atoms with van der Waals surface area (Å²) in [6.07, 6.45) is 1.60. The standard InChI is InChI=1S/C16H27N5O8S/c22-15(14-2-1-12-9-20(14)16(23)21(12)29-30(24,25)26)18-28-10-11-7-13(8-17-11)19-3-5-27-6-4-19/h11-14,17H,1-10H2,(H,18,22)(H,24,25,26)/t11-,12+,13+,14+/m1/s1. The van der Waals surface area contributed by atoms with E-state index in [1.165, 1.54) is 4.90 Å². The third-order valence-electron chi connectivity index (χ3n) is 6.02. The van der Waals surface area contributed by atoms with Crippen LogP contribution in [-0.2, 0) is 29.1 Å². The van der Waals surface area contributed by atoms with Crippen LogP contribution in [0.2, 0.25) is 0 Å². The summed E-state index contributed by atoms with van der Waals surface area (Å²) in [6, 6.07) is -1.57. The van der Waals surface area contributed by atoms with E-state index in [0.717, 1.165) is 39.3 Å². The molecular weight excluding hydrogens is 422 g/mol. The molecule has 13 nitrogen and oxygen atoms in total. The number of amides is 3. The number of nitrogens with one attached hydrogen (secondary N) is 2. The smallest absolute Gasteiger partial charge is 0.379 e. The van der Waals surface area contributed by atoms with Crippen molar-refractivity contribution in [2.24, 2.45) is 0 Å². The van der Waals surface area contributed by atoms with Gasteiger partial charge in [0.1, 0.15) is 6.04 Å². The van der Waals surface area contributed by atoms with Crippen LogP contribution in [0, 0.1) is 0 Å². The molecule has 4 aliphatic rings. The molecule has 0 spiro atoms. The molecule has 0 aromatic carbocycles. The Labute approximate surface area is 174 Å². The number of hydroxylamine groups is 3. The summed E-state index contributed by atoms with van der Waals surface area (Å²) in [4.78, 5) is 33.9. The third-order valence-corrected chi connectivity index (χ3v) is 6.37. The first-order valence-corrected chi connectivity index (χ1v) is 11.4. The van der Waals surface area contributed by atoms with Crippen molar-refractivity contribution < 1.29 is 36.4 Å². The van der Waals surface area contributed by atoms with Crippen molar-refractivity contribution in [2.45, 2.75) is 43.4 Å². The second kappa shape index (κ2) is 8.90. The molecule has 0 aliphatic carbocycles. The molecule has 14 heteroatoms. The van der Waals surface area contributed by atoms with Crippen molar-refractivity contribution in [3.8, 4) is 0 Å². The van der Waals surface area contributed by atoms with Crippen LogP contribution in [0.25, 0.3) is 0 Å². The van der Waals surface area contributed by atoms with E-state index in [9.17, 15) is 18.0 Å². The van der Waals surface area contributed by atoms with Crippen LogP contribution in [-0.4, -0.2) is 110 Å². The van der Waals surface area contributed by atoms with Gasteiger partial charge in [-0.15, -0.1) is 4.28 Å². The zero-order valence-corrected chi connectivity index (χ0v) is 17.3. The maximum absolute atomic E-state index is 12.5. The molecule has 3 amide bonds. The van der Waals surface area contributed by atoms with Gasteiger partial charge in [-0.2, -0.15) is 13.5 Å². The van der Waals surface area contributed by atoms with Gasteiger partial charge in [-0.3, -0.25) is 19.1 Å². The number of carbonyl (C=O) groups excluding carboxylic acids is 2. The molecule has 4 aliphatic heterocycles. The summed E-state index contributed by atoms with van der Waals surface area (Å²) in [5.74, 6) is -0.474. The highest BCUT2D eigenvalue weighted by atomic mass is 32.3. The number of piperidine rings is 1. The number of rotatable bonds is 7. The van der Waals surface area contributed by atoms with E-state index in [1.54, 1.807) is 0 Å². The Hall–Kier alpha value is -1.55. The molecule has 0 unspecified atom stereocenters. The fourth-order valence-corrected chi connectivity index (χ4v) is 4.92. The normalized spacial score (nSPS) is 32.6. The van der Waals surface area contributed by atoms with Crippen LogP contribution in [0.15, 0.2) is 0 Å². The van der Waals surface area contributed by atoms with Gasteiger partial charge in [0, 0.05) is 38.3 Å². The summed E-state index contributed by atoms with van der Waals surface area (Å²) in [6.45, 7) is 4.63. The van der Waals surface area contributed by atoms with E-state index in [-0.39, 0.29) is 12.6 Å². The molecule has 30 heavy (non-hydrogen) atoms. The Kier molecular flexibility index (Phi) is 6.43. The van der Waals surface area contributed by atoms with Crippen molar-refractivity contribution >= 4 is 22.3 Å². The molecule has 3 N–H and O–H groups in total.